The van der Waals surface area contributed by atoms with Crippen LogP contribution in [0.25, 0.3) is 17.0 Å². The van der Waals surface area contributed by atoms with Crippen molar-refractivity contribution in [2.75, 3.05) is 4.90 Å². The number of nitrogens with one attached hydrogen (secondary N) is 1. The van der Waals surface area contributed by atoms with Crippen LogP contribution in [0.4, 0.5) is 19.3 Å². The third-order valence-electron chi connectivity index (χ3n) is 5.84. The van der Waals surface area contributed by atoms with Gasteiger partial charge >= 0.3 is 6.03 Å². The highest BCUT2D eigenvalue weighted by Gasteiger charge is 2.36. The number of carbonyl (C=O) groups is 1. The predicted molar refractivity (Wildman–Crippen MR) is 129 cm³/mol. The average molecular weight is 493 g/mol. The molecule has 1 N–H and O–H groups in total. The number of aromatic nitrogens is 2. The molecule has 0 bridgehead atoms. The maximum absolute atomic E-state index is 13.7. The van der Waals surface area contributed by atoms with E-state index in [2.05, 4.69) is 15.5 Å². The minimum absolute atomic E-state index is 0.138. The Balaban J connectivity index is 1.66. The second-order valence-electron chi connectivity index (χ2n) is 8.14. The molecule has 5 rings (SSSR count). The molecule has 6 nitrogen and oxygen atoms in total. The van der Waals surface area contributed by atoms with Gasteiger partial charge in [0.1, 0.15) is 11.6 Å². The fourth-order valence-electron chi connectivity index (χ4n) is 4.03. The van der Waals surface area contributed by atoms with Gasteiger partial charge in [-0.15, -0.1) is 0 Å². The number of allylic oxidation sites excluding steroid dienone is 1. The second kappa shape index (κ2) is 8.96. The van der Waals surface area contributed by atoms with Crippen LogP contribution in [0.1, 0.15) is 30.0 Å². The van der Waals surface area contributed by atoms with Gasteiger partial charge in [-0.25, -0.2) is 13.6 Å². The number of carbonyl (C=O) groups excluding carboxylic acids is 1. The first-order chi connectivity index (χ1) is 16.8. The molecule has 3 aromatic carbocycles. The summed E-state index contributed by atoms with van der Waals surface area (Å²) in [7, 11) is 0. The maximum Gasteiger partial charge on any atom is 0.326 e. The van der Waals surface area contributed by atoms with E-state index in [9.17, 15) is 13.6 Å². The van der Waals surface area contributed by atoms with Gasteiger partial charge < -0.3 is 9.84 Å². The van der Waals surface area contributed by atoms with Crippen molar-refractivity contribution in [3.05, 3.63) is 106 Å². The molecular weight excluding hydrogens is 474 g/mol. The molecule has 1 aliphatic heterocycles. The Hall–Kier alpha value is -4.04. The van der Waals surface area contributed by atoms with E-state index in [0.29, 0.717) is 33.1 Å². The normalized spacial score (nSPS) is 16.0. The molecule has 9 heteroatoms. The lowest BCUT2D eigenvalue weighted by molar-refractivity contribution is 0.244. The number of hydrogen-bond donors (Lipinski definition) is 1. The van der Waals surface area contributed by atoms with Crippen LogP contribution >= 0.6 is 11.6 Å². The number of halogens is 3. The molecule has 35 heavy (non-hydrogen) atoms. The summed E-state index contributed by atoms with van der Waals surface area (Å²) in [4.78, 5) is 19.2. The lowest BCUT2D eigenvalue weighted by Gasteiger charge is -2.35. The largest absolute Gasteiger partial charge is 0.334 e. The van der Waals surface area contributed by atoms with Gasteiger partial charge in [0.05, 0.1) is 17.3 Å². The van der Waals surface area contributed by atoms with Crippen LogP contribution in [0.15, 0.2) is 77.0 Å². The van der Waals surface area contributed by atoms with Crippen molar-refractivity contribution in [2.45, 2.75) is 19.9 Å². The fourth-order valence-corrected chi connectivity index (χ4v) is 4.21. The molecule has 0 fully saturated rings. The van der Waals surface area contributed by atoms with E-state index in [4.69, 9.17) is 16.1 Å². The number of anilines is 1. The molecule has 0 spiro atoms. The van der Waals surface area contributed by atoms with E-state index in [1.165, 1.54) is 29.2 Å². The number of amides is 2. The standard InChI is InChI=1S/C26H19ClF2N4O2/c1-14-6-11-20(13-21(14)27)33-15(2)22(23(30-26(33)34)16-7-9-18(28)10-8-16)25-31-24(32-35-25)17-4-3-5-19(29)12-17/h3-13,23H,1-2H3,(H,30,34). The molecule has 0 saturated carbocycles. The van der Waals surface area contributed by atoms with E-state index < -0.39 is 23.7 Å². The average Bonchev–Trinajstić information content (AvgIpc) is 3.31. The zero-order valence-electron chi connectivity index (χ0n) is 18.7. The lowest BCUT2D eigenvalue weighted by atomic mass is 9.94. The van der Waals surface area contributed by atoms with Gasteiger partial charge in [-0.3, -0.25) is 4.90 Å². The van der Waals surface area contributed by atoms with Gasteiger partial charge in [-0.1, -0.05) is 47.1 Å². The van der Waals surface area contributed by atoms with Crippen molar-refractivity contribution in [3.63, 3.8) is 0 Å². The molecule has 0 aliphatic carbocycles. The monoisotopic (exact) mass is 492 g/mol. The summed E-state index contributed by atoms with van der Waals surface area (Å²) in [5, 5.41) is 7.48. The zero-order valence-corrected chi connectivity index (χ0v) is 19.5. The summed E-state index contributed by atoms with van der Waals surface area (Å²) in [5.41, 5.74) is 3.53. The minimum Gasteiger partial charge on any atom is -0.334 e. The van der Waals surface area contributed by atoms with Gasteiger partial charge in [-0.2, -0.15) is 4.98 Å². The molecule has 2 amide bonds. The van der Waals surface area contributed by atoms with E-state index >= 15 is 0 Å². The Labute approximate surface area is 204 Å². The van der Waals surface area contributed by atoms with Crippen LogP contribution in [-0.2, 0) is 0 Å². The molecule has 2 heterocycles. The third-order valence-corrected chi connectivity index (χ3v) is 6.25. The Kier molecular flexibility index (Phi) is 5.82. The Morgan fingerprint density at radius 1 is 1.00 bits per heavy atom. The third kappa shape index (κ3) is 4.28. The number of nitrogens with zero attached hydrogens (tertiary/aromatic N) is 3. The molecule has 1 atom stereocenters. The van der Waals surface area contributed by atoms with Crippen molar-refractivity contribution in [1.82, 2.24) is 15.5 Å². The molecular formula is C26H19ClF2N4O2. The highest BCUT2D eigenvalue weighted by atomic mass is 35.5. The Bertz CT molecular complexity index is 1470. The first-order valence-corrected chi connectivity index (χ1v) is 11.1. The lowest BCUT2D eigenvalue weighted by Crippen LogP contribution is -2.46. The number of benzene rings is 3. The Morgan fingerprint density at radius 3 is 2.49 bits per heavy atom. The molecule has 176 valence electrons. The smallest absolute Gasteiger partial charge is 0.326 e. The summed E-state index contributed by atoms with van der Waals surface area (Å²) in [5.74, 6) is -0.500. The van der Waals surface area contributed by atoms with Crippen molar-refractivity contribution < 1.29 is 18.1 Å². The van der Waals surface area contributed by atoms with Gasteiger partial charge in [0.25, 0.3) is 5.89 Å². The number of hydrogen-bond acceptors (Lipinski definition) is 4. The van der Waals surface area contributed by atoms with Crippen LogP contribution in [0.3, 0.4) is 0 Å². The van der Waals surface area contributed by atoms with E-state index in [-0.39, 0.29) is 11.7 Å². The van der Waals surface area contributed by atoms with Gasteiger partial charge in [-0.05, 0) is 61.4 Å². The highest BCUT2D eigenvalue weighted by molar-refractivity contribution is 6.31. The number of rotatable bonds is 4. The summed E-state index contributed by atoms with van der Waals surface area (Å²) < 4.78 is 32.9. The quantitative estimate of drug-likeness (QED) is 0.345. The van der Waals surface area contributed by atoms with Crippen molar-refractivity contribution in [1.29, 1.82) is 0 Å². The molecule has 0 radical (unpaired) electrons. The number of urea groups is 1. The van der Waals surface area contributed by atoms with E-state index in [0.717, 1.165) is 5.56 Å². The summed E-state index contributed by atoms with van der Waals surface area (Å²) >= 11 is 6.32. The Morgan fingerprint density at radius 2 is 1.77 bits per heavy atom. The van der Waals surface area contributed by atoms with Crippen LogP contribution in [0.2, 0.25) is 5.02 Å². The van der Waals surface area contributed by atoms with Crippen molar-refractivity contribution in [2.24, 2.45) is 0 Å². The molecule has 0 saturated heterocycles. The predicted octanol–water partition coefficient (Wildman–Crippen LogP) is 6.68. The van der Waals surface area contributed by atoms with Gasteiger partial charge in [0.2, 0.25) is 5.82 Å². The van der Waals surface area contributed by atoms with Gasteiger partial charge in [0.15, 0.2) is 0 Å². The van der Waals surface area contributed by atoms with Gasteiger partial charge in [0, 0.05) is 16.3 Å². The van der Waals surface area contributed by atoms with Crippen molar-refractivity contribution in [3.8, 4) is 11.4 Å². The zero-order chi connectivity index (χ0) is 24.7. The molecule has 1 aliphatic rings. The van der Waals surface area contributed by atoms with Crippen molar-refractivity contribution >= 4 is 28.9 Å². The fraction of sp³-hybridized carbons (Fsp3) is 0.115. The molecule has 1 aromatic heterocycles. The first-order valence-electron chi connectivity index (χ1n) is 10.7. The van der Waals surface area contributed by atoms with E-state index in [1.54, 1.807) is 43.3 Å². The van der Waals surface area contributed by atoms with E-state index in [1.807, 2.05) is 13.0 Å². The number of aryl methyl sites for hydroxylation is 1. The van der Waals surface area contributed by atoms with Crippen LogP contribution in [0.5, 0.6) is 0 Å². The van der Waals surface area contributed by atoms with Crippen LogP contribution < -0.4 is 10.2 Å². The second-order valence-corrected chi connectivity index (χ2v) is 8.54. The van der Waals surface area contributed by atoms with Crippen LogP contribution in [-0.4, -0.2) is 16.2 Å². The SMILES string of the molecule is CC1=C(c2nc(-c3cccc(F)c3)no2)C(c2ccc(F)cc2)NC(=O)N1c1ccc(C)c(Cl)c1. The molecule has 1 unspecified atom stereocenters. The van der Waals surface area contributed by atoms with Crippen LogP contribution in [0, 0.1) is 18.6 Å². The summed E-state index contributed by atoms with van der Waals surface area (Å²) in [6.45, 7) is 3.62. The topological polar surface area (TPSA) is 71.3 Å². The minimum atomic E-state index is -0.693. The summed E-state index contributed by atoms with van der Waals surface area (Å²) in [6.07, 6.45) is 0. The molecule has 4 aromatic rings. The maximum atomic E-state index is 13.7. The highest BCUT2D eigenvalue weighted by Crippen LogP contribution is 2.39. The summed E-state index contributed by atoms with van der Waals surface area (Å²) in [6, 6.07) is 15.8. The first kappa shape index (κ1) is 22.7.